The number of aromatic nitrogens is 3. The molecule has 0 saturated carbocycles. The molecule has 1 amide bonds. The van der Waals surface area contributed by atoms with Gasteiger partial charge in [-0.3, -0.25) is 15.1 Å². The van der Waals surface area contributed by atoms with E-state index in [9.17, 15) is 4.79 Å². The molecule has 0 saturated heterocycles. The van der Waals surface area contributed by atoms with Crippen molar-refractivity contribution < 1.29 is 4.79 Å². The third-order valence-electron chi connectivity index (χ3n) is 2.59. The lowest BCUT2D eigenvalue weighted by molar-refractivity contribution is 0.102. The Morgan fingerprint density at radius 3 is 2.85 bits per heavy atom. The summed E-state index contributed by atoms with van der Waals surface area (Å²) in [7, 11) is 0. The van der Waals surface area contributed by atoms with E-state index in [4.69, 9.17) is 5.73 Å². The predicted molar refractivity (Wildman–Crippen MR) is 79.8 cm³/mol. The molecule has 20 heavy (non-hydrogen) atoms. The van der Waals surface area contributed by atoms with E-state index >= 15 is 0 Å². The lowest BCUT2D eigenvalue weighted by atomic mass is 10.1. The number of hydrogen-bond acceptors (Lipinski definition) is 6. The molecular weight excluding hydrogens is 274 g/mol. The van der Waals surface area contributed by atoms with Crippen LogP contribution in [0.3, 0.4) is 0 Å². The number of anilines is 2. The molecule has 3 N–H and O–H groups in total. The zero-order valence-electron chi connectivity index (χ0n) is 11.7. The minimum atomic E-state index is -0.317. The van der Waals surface area contributed by atoms with E-state index in [1.54, 1.807) is 6.07 Å². The van der Waals surface area contributed by atoms with Gasteiger partial charge in [-0.2, -0.15) is 0 Å². The first-order valence-corrected chi connectivity index (χ1v) is 7.13. The third-order valence-corrected chi connectivity index (χ3v) is 3.45. The molecule has 0 spiro atoms. The van der Waals surface area contributed by atoms with E-state index in [0.29, 0.717) is 22.3 Å². The summed E-state index contributed by atoms with van der Waals surface area (Å²) in [5.41, 5.74) is 7.33. The summed E-state index contributed by atoms with van der Waals surface area (Å²) in [6.45, 7) is 6.04. The molecule has 106 valence electrons. The highest BCUT2D eigenvalue weighted by Gasteiger charge is 2.13. The molecule has 0 aliphatic rings. The van der Waals surface area contributed by atoms with Gasteiger partial charge in [0.05, 0.1) is 5.56 Å². The summed E-state index contributed by atoms with van der Waals surface area (Å²) in [6.07, 6.45) is 2.32. The van der Waals surface area contributed by atoms with Gasteiger partial charge in [0.2, 0.25) is 5.13 Å². The minimum Gasteiger partial charge on any atom is -0.398 e. The van der Waals surface area contributed by atoms with E-state index in [2.05, 4.69) is 34.3 Å². The number of aryl methyl sites for hydroxylation is 1. The van der Waals surface area contributed by atoms with Crippen LogP contribution < -0.4 is 11.1 Å². The molecule has 0 aliphatic heterocycles. The molecule has 0 fully saturated rings. The zero-order valence-corrected chi connectivity index (χ0v) is 12.5. The number of carbonyl (C=O) groups excluding carboxylic acids is 1. The molecule has 0 atom stereocenters. The molecule has 0 aromatic carbocycles. The number of nitrogens with two attached hydrogens (primary N) is 1. The van der Waals surface area contributed by atoms with Gasteiger partial charge < -0.3 is 5.73 Å². The summed E-state index contributed by atoms with van der Waals surface area (Å²) in [5, 5.41) is 12.1. The van der Waals surface area contributed by atoms with Crippen LogP contribution in [-0.2, 0) is 6.42 Å². The summed E-state index contributed by atoms with van der Waals surface area (Å²) in [6, 6.07) is 1.67. The minimum absolute atomic E-state index is 0.317. The molecule has 0 bridgehead atoms. The van der Waals surface area contributed by atoms with Crippen molar-refractivity contribution in [2.45, 2.75) is 27.2 Å². The van der Waals surface area contributed by atoms with E-state index in [0.717, 1.165) is 17.1 Å². The summed E-state index contributed by atoms with van der Waals surface area (Å²) in [4.78, 5) is 16.2. The molecule has 6 nitrogen and oxygen atoms in total. The molecule has 7 heteroatoms. The number of carbonyl (C=O) groups is 1. The SMILES string of the molecule is Cc1cc(N)c(C(=O)Nc2nnc(CC(C)C)s2)cn1. The fourth-order valence-corrected chi connectivity index (χ4v) is 2.62. The monoisotopic (exact) mass is 291 g/mol. The highest BCUT2D eigenvalue weighted by atomic mass is 32.1. The fraction of sp³-hybridized carbons (Fsp3) is 0.385. The van der Waals surface area contributed by atoms with Gasteiger partial charge in [0.25, 0.3) is 5.91 Å². The number of amides is 1. The van der Waals surface area contributed by atoms with Crippen molar-refractivity contribution in [2.75, 3.05) is 11.1 Å². The Labute approximate surface area is 121 Å². The van der Waals surface area contributed by atoms with Crippen LogP contribution >= 0.6 is 11.3 Å². The molecule has 2 aromatic rings. The van der Waals surface area contributed by atoms with Gasteiger partial charge >= 0.3 is 0 Å². The maximum atomic E-state index is 12.1. The molecule has 2 heterocycles. The molecule has 0 unspecified atom stereocenters. The normalized spacial score (nSPS) is 10.8. The smallest absolute Gasteiger partial charge is 0.261 e. The highest BCUT2D eigenvalue weighted by Crippen LogP contribution is 2.20. The van der Waals surface area contributed by atoms with Crippen LogP contribution in [0.2, 0.25) is 0 Å². The van der Waals surface area contributed by atoms with Crippen molar-refractivity contribution in [3.05, 3.63) is 28.5 Å². The van der Waals surface area contributed by atoms with Crippen LogP contribution in [0.4, 0.5) is 10.8 Å². The largest absolute Gasteiger partial charge is 0.398 e. The molecular formula is C13H17N5OS. The first-order chi connectivity index (χ1) is 9.45. The first kappa shape index (κ1) is 14.4. The Balaban J connectivity index is 2.09. The quantitative estimate of drug-likeness (QED) is 0.901. The number of hydrogen-bond donors (Lipinski definition) is 2. The standard InChI is InChI=1S/C13H17N5OS/c1-7(2)4-11-17-18-13(20-11)16-12(19)9-6-15-8(3)5-10(9)14/h5-7H,4H2,1-3H3,(H2,14,15)(H,16,18,19). The number of nitrogen functional groups attached to an aromatic ring is 1. The van der Waals surface area contributed by atoms with Gasteiger partial charge in [-0.05, 0) is 18.9 Å². The average molecular weight is 291 g/mol. The second kappa shape index (κ2) is 5.96. The van der Waals surface area contributed by atoms with Crippen molar-refractivity contribution in [1.29, 1.82) is 0 Å². The fourth-order valence-electron chi connectivity index (χ4n) is 1.67. The van der Waals surface area contributed by atoms with Crippen LogP contribution in [0.15, 0.2) is 12.3 Å². The summed E-state index contributed by atoms with van der Waals surface area (Å²) in [5.74, 6) is 0.186. The lowest BCUT2D eigenvalue weighted by Gasteiger charge is -2.04. The molecule has 2 rings (SSSR count). The predicted octanol–water partition coefficient (Wildman–Crippen LogP) is 2.27. The average Bonchev–Trinajstić information content (AvgIpc) is 2.75. The molecule has 0 radical (unpaired) electrons. The maximum absolute atomic E-state index is 12.1. The van der Waals surface area contributed by atoms with Gasteiger partial charge in [0.1, 0.15) is 5.01 Å². The third kappa shape index (κ3) is 3.51. The van der Waals surface area contributed by atoms with Gasteiger partial charge in [-0.25, -0.2) is 0 Å². The Bertz CT molecular complexity index is 623. The van der Waals surface area contributed by atoms with Crippen molar-refractivity contribution >= 4 is 28.1 Å². The number of rotatable bonds is 4. The Hall–Kier alpha value is -2.02. The molecule has 0 aliphatic carbocycles. The summed E-state index contributed by atoms with van der Waals surface area (Å²) >= 11 is 1.38. The van der Waals surface area contributed by atoms with E-state index in [1.165, 1.54) is 17.5 Å². The highest BCUT2D eigenvalue weighted by molar-refractivity contribution is 7.15. The Kier molecular flexibility index (Phi) is 4.29. The van der Waals surface area contributed by atoms with E-state index in [-0.39, 0.29) is 5.91 Å². The van der Waals surface area contributed by atoms with Crippen molar-refractivity contribution in [3.63, 3.8) is 0 Å². The van der Waals surface area contributed by atoms with E-state index < -0.39 is 0 Å². The maximum Gasteiger partial charge on any atom is 0.261 e. The Morgan fingerprint density at radius 1 is 1.45 bits per heavy atom. The van der Waals surface area contributed by atoms with Crippen LogP contribution in [-0.4, -0.2) is 21.1 Å². The van der Waals surface area contributed by atoms with Crippen molar-refractivity contribution in [1.82, 2.24) is 15.2 Å². The van der Waals surface area contributed by atoms with Crippen LogP contribution in [0.5, 0.6) is 0 Å². The van der Waals surface area contributed by atoms with Crippen molar-refractivity contribution in [3.8, 4) is 0 Å². The van der Waals surface area contributed by atoms with Gasteiger partial charge in [-0.15, -0.1) is 10.2 Å². The first-order valence-electron chi connectivity index (χ1n) is 6.31. The zero-order chi connectivity index (χ0) is 14.7. The lowest BCUT2D eigenvalue weighted by Crippen LogP contribution is -2.14. The topological polar surface area (TPSA) is 93.8 Å². The van der Waals surface area contributed by atoms with Crippen LogP contribution in [0.25, 0.3) is 0 Å². The van der Waals surface area contributed by atoms with Crippen LogP contribution in [0.1, 0.15) is 34.9 Å². The van der Waals surface area contributed by atoms with Gasteiger partial charge in [-0.1, -0.05) is 25.2 Å². The molecule has 2 aromatic heterocycles. The number of pyridine rings is 1. The van der Waals surface area contributed by atoms with Crippen molar-refractivity contribution in [2.24, 2.45) is 5.92 Å². The number of nitrogens with zero attached hydrogens (tertiary/aromatic N) is 3. The van der Waals surface area contributed by atoms with Gasteiger partial charge in [0, 0.05) is 24.0 Å². The van der Waals surface area contributed by atoms with Gasteiger partial charge in [0.15, 0.2) is 0 Å². The second-order valence-corrected chi connectivity index (χ2v) is 6.03. The number of nitrogens with one attached hydrogen (secondary N) is 1. The van der Waals surface area contributed by atoms with Crippen LogP contribution in [0, 0.1) is 12.8 Å². The second-order valence-electron chi connectivity index (χ2n) is 4.97. The Morgan fingerprint density at radius 2 is 2.20 bits per heavy atom. The summed E-state index contributed by atoms with van der Waals surface area (Å²) < 4.78 is 0. The van der Waals surface area contributed by atoms with E-state index in [1.807, 2.05) is 6.92 Å².